The zero-order chi connectivity index (χ0) is 22.7. The van der Waals surface area contributed by atoms with Crippen LogP contribution in [0.4, 0.5) is 5.69 Å². The highest BCUT2D eigenvalue weighted by Gasteiger charge is 2.24. The lowest BCUT2D eigenvalue weighted by Crippen LogP contribution is -2.32. The molecule has 0 saturated carbocycles. The first kappa shape index (κ1) is 22.4. The third-order valence-corrected chi connectivity index (χ3v) is 8.12. The molecule has 0 radical (unpaired) electrons. The van der Waals surface area contributed by atoms with Crippen LogP contribution in [0.15, 0.2) is 65.6 Å². The topological polar surface area (TPSA) is 65.6 Å². The Hall–Kier alpha value is -2.77. The molecule has 1 N–H and O–H groups in total. The summed E-state index contributed by atoms with van der Waals surface area (Å²) in [6.45, 7) is 4.44. The molecule has 32 heavy (non-hydrogen) atoms. The molecule has 0 aliphatic carbocycles. The molecular formula is C25H31N3O3S. The molecule has 1 atom stereocenters. The first-order valence-corrected chi connectivity index (χ1v) is 12.5. The van der Waals surface area contributed by atoms with Gasteiger partial charge >= 0.3 is 0 Å². The maximum Gasteiger partial charge on any atom is 0.264 e. The van der Waals surface area contributed by atoms with Crippen LogP contribution in [0, 0.1) is 0 Å². The average molecular weight is 454 g/mol. The molecule has 4 rings (SSSR count). The molecule has 0 spiro atoms. The summed E-state index contributed by atoms with van der Waals surface area (Å²) < 4.78 is 33.5. The van der Waals surface area contributed by atoms with Crippen LogP contribution >= 0.6 is 0 Å². The number of nitrogens with one attached hydrogen (secondary N) is 1. The van der Waals surface area contributed by atoms with E-state index in [1.54, 1.807) is 44.5 Å². The molecule has 1 aromatic heterocycles. The van der Waals surface area contributed by atoms with Crippen molar-refractivity contribution in [3.05, 3.63) is 66.4 Å². The normalized spacial score (nSPS) is 16.0. The summed E-state index contributed by atoms with van der Waals surface area (Å²) in [5.74, 6) is 0.630. The number of nitrogens with zero attached hydrogens (tertiary/aromatic N) is 2. The van der Waals surface area contributed by atoms with Gasteiger partial charge in [-0.1, -0.05) is 24.6 Å². The van der Waals surface area contributed by atoms with E-state index < -0.39 is 10.0 Å². The van der Waals surface area contributed by atoms with E-state index >= 15 is 0 Å². The van der Waals surface area contributed by atoms with Crippen LogP contribution in [-0.4, -0.2) is 45.5 Å². The number of anilines is 1. The second-order valence-electron chi connectivity index (χ2n) is 8.27. The van der Waals surface area contributed by atoms with Crippen molar-refractivity contribution in [1.82, 2.24) is 9.88 Å². The van der Waals surface area contributed by atoms with Crippen LogP contribution in [0.5, 0.6) is 5.75 Å². The molecule has 1 fully saturated rings. The molecule has 2 heterocycles. The third kappa shape index (κ3) is 4.40. The highest BCUT2D eigenvalue weighted by molar-refractivity contribution is 7.92. The third-order valence-electron chi connectivity index (χ3n) is 6.34. The van der Waals surface area contributed by atoms with Crippen molar-refractivity contribution in [3.63, 3.8) is 0 Å². The number of rotatable bonds is 7. The van der Waals surface area contributed by atoms with Gasteiger partial charge in [0.05, 0.1) is 17.7 Å². The molecule has 3 aromatic rings. The summed E-state index contributed by atoms with van der Waals surface area (Å²) >= 11 is 0. The van der Waals surface area contributed by atoms with Gasteiger partial charge in [-0.05, 0) is 75.3 Å². The lowest BCUT2D eigenvalue weighted by Gasteiger charge is -2.31. The van der Waals surface area contributed by atoms with Crippen LogP contribution in [0.1, 0.15) is 37.9 Å². The van der Waals surface area contributed by atoms with E-state index in [0.29, 0.717) is 11.4 Å². The second kappa shape index (κ2) is 9.38. The summed E-state index contributed by atoms with van der Waals surface area (Å²) in [5.41, 5.74) is 3.31. The van der Waals surface area contributed by atoms with Gasteiger partial charge in [0.1, 0.15) is 5.75 Å². The predicted octanol–water partition coefficient (Wildman–Crippen LogP) is 5.06. The van der Waals surface area contributed by atoms with Gasteiger partial charge < -0.3 is 9.72 Å². The Balaban J connectivity index is 1.67. The number of sulfonamides is 1. The summed E-state index contributed by atoms with van der Waals surface area (Å²) in [4.78, 5) is 6.22. The van der Waals surface area contributed by atoms with Crippen LogP contribution in [0.25, 0.3) is 11.3 Å². The summed E-state index contributed by atoms with van der Waals surface area (Å²) in [6.07, 6.45) is 3.77. The lowest BCUT2D eigenvalue weighted by molar-refractivity contribution is 0.172. The number of benzene rings is 2. The largest absolute Gasteiger partial charge is 0.496 e. The van der Waals surface area contributed by atoms with E-state index in [0.717, 1.165) is 30.0 Å². The highest BCUT2D eigenvalue weighted by Crippen LogP contribution is 2.35. The standard InChI is InChI=1S/C25H31N3O3S/c1-19(28-16-8-5-9-17-28)23-13-14-24(26-23)22-18-21(12-15-25(22)31-3)32(29,30)27(2)20-10-6-4-7-11-20/h4,6-7,10-15,18-19,26H,5,8-9,16-17H2,1-3H3/t19-/m1/s1. The fraction of sp³-hybridized carbons (Fsp3) is 0.360. The van der Waals surface area contributed by atoms with Gasteiger partial charge in [0, 0.05) is 30.0 Å². The monoisotopic (exact) mass is 453 g/mol. The van der Waals surface area contributed by atoms with Gasteiger partial charge in [0.25, 0.3) is 10.0 Å². The minimum absolute atomic E-state index is 0.222. The van der Waals surface area contributed by atoms with E-state index in [9.17, 15) is 8.42 Å². The fourth-order valence-corrected chi connectivity index (χ4v) is 5.53. The molecule has 0 amide bonds. The van der Waals surface area contributed by atoms with E-state index in [-0.39, 0.29) is 10.9 Å². The van der Waals surface area contributed by atoms with Crippen LogP contribution in [0.3, 0.4) is 0 Å². The molecule has 1 saturated heterocycles. The summed E-state index contributed by atoms with van der Waals surface area (Å²) in [7, 11) is -0.547. The van der Waals surface area contributed by atoms with Gasteiger partial charge in [0.2, 0.25) is 0 Å². The minimum atomic E-state index is -3.72. The number of aromatic amines is 1. The van der Waals surface area contributed by atoms with Crippen molar-refractivity contribution in [3.8, 4) is 17.0 Å². The van der Waals surface area contributed by atoms with E-state index in [2.05, 4.69) is 22.9 Å². The maximum atomic E-state index is 13.3. The smallest absolute Gasteiger partial charge is 0.264 e. The molecular weight excluding hydrogens is 422 g/mol. The number of H-pyrrole nitrogens is 1. The van der Waals surface area contributed by atoms with Crippen molar-refractivity contribution in [2.75, 3.05) is 31.6 Å². The maximum absolute atomic E-state index is 13.3. The molecule has 0 bridgehead atoms. The van der Waals surface area contributed by atoms with Crippen molar-refractivity contribution >= 4 is 15.7 Å². The van der Waals surface area contributed by atoms with Gasteiger partial charge in [0.15, 0.2) is 0 Å². The van der Waals surface area contributed by atoms with Crippen molar-refractivity contribution in [2.24, 2.45) is 0 Å². The molecule has 7 heteroatoms. The molecule has 0 unspecified atom stereocenters. The molecule has 1 aliphatic rings. The zero-order valence-electron chi connectivity index (χ0n) is 18.9. The Labute approximate surface area is 190 Å². The van der Waals surface area contributed by atoms with Crippen LogP contribution in [0.2, 0.25) is 0 Å². The molecule has 6 nitrogen and oxygen atoms in total. The Morgan fingerprint density at radius 3 is 2.41 bits per heavy atom. The zero-order valence-corrected chi connectivity index (χ0v) is 19.7. The number of ether oxygens (including phenoxy) is 1. The summed E-state index contributed by atoms with van der Waals surface area (Å²) in [6, 6.07) is 18.4. The second-order valence-corrected chi connectivity index (χ2v) is 10.2. The number of methoxy groups -OCH3 is 1. The number of para-hydroxylation sites is 1. The van der Waals surface area contributed by atoms with E-state index in [1.165, 1.54) is 23.6 Å². The number of hydrogen-bond acceptors (Lipinski definition) is 4. The lowest BCUT2D eigenvalue weighted by atomic mass is 10.1. The Kier molecular flexibility index (Phi) is 6.58. The van der Waals surface area contributed by atoms with Crippen molar-refractivity contribution < 1.29 is 13.2 Å². The van der Waals surface area contributed by atoms with Gasteiger partial charge in [-0.25, -0.2) is 8.42 Å². The highest BCUT2D eigenvalue weighted by atomic mass is 32.2. The average Bonchev–Trinajstić information content (AvgIpc) is 3.34. The van der Waals surface area contributed by atoms with Crippen molar-refractivity contribution in [2.45, 2.75) is 37.1 Å². The fourth-order valence-electron chi connectivity index (χ4n) is 4.31. The van der Waals surface area contributed by atoms with Gasteiger partial charge in [-0.3, -0.25) is 9.21 Å². The molecule has 1 aliphatic heterocycles. The Morgan fingerprint density at radius 2 is 1.72 bits per heavy atom. The van der Waals surface area contributed by atoms with Gasteiger partial charge in [-0.15, -0.1) is 0 Å². The SMILES string of the molecule is COc1ccc(S(=O)(=O)N(C)c2ccccc2)cc1-c1ccc([C@@H](C)N2CCCCC2)[nH]1. The van der Waals surface area contributed by atoms with Gasteiger partial charge in [-0.2, -0.15) is 0 Å². The summed E-state index contributed by atoms with van der Waals surface area (Å²) in [5, 5.41) is 0. The minimum Gasteiger partial charge on any atom is -0.496 e. The van der Waals surface area contributed by atoms with Crippen LogP contribution < -0.4 is 9.04 Å². The predicted molar refractivity (Wildman–Crippen MR) is 129 cm³/mol. The van der Waals surface area contributed by atoms with Crippen LogP contribution in [-0.2, 0) is 10.0 Å². The number of likely N-dealkylation sites (tertiary alicyclic amines) is 1. The Bertz CT molecular complexity index is 1150. The number of aromatic nitrogens is 1. The number of hydrogen-bond donors (Lipinski definition) is 1. The first-order valence-electron chi connectivity index (χ1n) is 11.1. The van der Waals surface area contributed by atoms with Crippen molar-refractivity contribution in [1.29, 1.82) is 0 Å². The quantitative estimate of drug-likeness (QED) is 0.543. The first-order chi connectivity index (χ1) is 15.4. The van der Waals surface area contributed by atoms with E-state index in [4.69, 9.17) is 4.74 Å². The Morgan fingerprint density at radius 1 is 1.00 bits per heavy atom. The molecule has 2 aromatic carbocycles. The molecule has 170 valence electrons. The van der Waals surface area contributed by atoms with E-state index in [1.807, 2.05) is 24.3 Å². The number of piperidine rings is 1.